The van der Waals surface area contributed by atoms with Gasteiger partial charge in [-0.3, -0.25) is 4.79 Å². The first-order chi connectivity index (χ1) is 10.1. The first kappa shape index (κ1) is 12.9. The second-order valence-electron chi connectivity index (χ2n) is 4.82. The maximum Gasteiger partial charge on any atom is 0.258 e. The van der Waals surface area contributed by atoms with Crippen LogP contribution in [0.25, 0.3) is 5.65 Å². The Morgan fingerprint density at radius 2 is 2.10 bits per heavy atom. The van der Waals surface area contributed by atoms with E-state index in [0.29, 0.717) is 16.9 Å². The molecule has 104 valence electrons. The van der Waals surface area contributed by atoms with E-state index in [2.05, 4.69) is 10.1 Å². The number of fused-ring (bicyclic) bond motifs is 1. The van der Waals surface area contributed by atoms with Crippen molar-refractivity contribution in [3.05, 3.63) is 63.1 Å². The molecule has 2 aromatic heterocycles. The van der Waals surface area contributed by atoms with Gasteiger partial charge in [-0.05, 0) is 24.6 Å². The number of hydrogen-bond donors (Lipinski definition) is 2. The molecule has 3 rings (SSSR count). The van der Waals surface area contributed by atoms with Gasteiger partial charge in [0.25, 0.3) is 5.56 Å². The molecule has 0 fully saturated rings. The molecular formula is C15H12N4O2. The second-order valence-corrected chi connectivity index (χ2v) is 4.82. The SMILES string of the molecule is Cc1cc2[nH]c(=O)c(Cc3ccc(C#N)cc3)c(O)n2n1. The van der Waals surface area contributed by atoms with E-state index in [1.165, 1.54) is 4.52 Å². The van der Waals surface area contributed by atoms with Gasteiger partial charge in [-0.25, -0.2) is 0 Å². The van der Waals surface area contributed by atoms with Crippen molar-refractivity contribution in [3.63, 3.8) is 0 Å². The molecule has 2 N–H and O–H groups in total. The molecule has 21 heavy (non-hydrogen) atoms. The summed E-state index contributed by atoms with van der Waals surface area (Å²) in [5.74, 6) is -0.161. The van der Waals surface area contributed by atoms with Crippen molar-refractivity contribution in [1.29, 1.82) is 5.26 Å². The molecule has 6 nitrogen and oxygen atoms in total. The molecule has 2 heterocycles. The fourth-order valence-corrected chi connectivity index (χ4v) is 2.23. The number of hydrogen-bond acceptors (Lipinski definition) is 4. The fraction of sp³-hybridized carbons (Fsp3) is 0.133. The van der Waals surface area contributed by atoms with Gasteiger partial charge in [0, 0.05) is 12.5 Å². The summed E-state index contributed by atoms with van der Waals surface area (Å²) in [6, 6.07) is 10.6. The van der Waals surface area contributed by atoms with Crippen molar-refractivity contribution >= 4 is 5.65 Å². The minimum atomic E-state index is -0.343. The molecule has 0 aliphatic carbocycles. The number of nitrogens with one attached hydrogen (secondary N) is 1. The zero-order valence-corrected chi connectivity index (χ0v) is 11.3. The van der Waals surface area contributed by atoms with Gasteiger partial charge in [0.15, 0.2) is 0 Å². The third-order valence-electron chi connectivity index (χ3n) is 3.28. The summed E-state index contributed by atoms with van der Waals surface area (Å²) in [6.07, 6.45) is 0.266. The van der Waals surface area contributed by atoms with Crippen LogP contribution < -0.4 is 5.56 Å². The van der Waals surface area contributed by atoms with E-state index in [1.807, 2.05) is 6.07 Å². The highest BCUT2D eigenvalue weighted by molar-refractivity contribution is 5.45. The predicted octanol–water partition coefficient (Wildman–Crippen LogP) is 1.50. The van der Waals surface area contributed by atoms with Gasteiger partial charge < -0.3 is 10.1 Å². The van der Waals surface area contributed by atoms with Gasteiger partial charge in [-0.2, -0.15) is 14.9 Å². The lowest BCUT2D eigenvalue weighted by molar-refractivity contribution is 0.427. The van der Waals surface area contributed by atoms with Gasteiger partial charge in [0.05, 0.1) is 22.9 Å². The van der Waals surface area contributed by atoms with Crippen LogP contribution in [0.3, 0.4) is 0 Å². The Bertz CT molecular complexity index is 914. The van der Waals surface area contributed by atoms with Crippen molar-refractivity contribution in [2.45, 2.75) is 13.3 Å². The summed E-state index contributed by atoms with van der Waals surface area (Å²) in [6.45, 7) is 1.78. The van der Waals surface area contributed by atoms with Gasteiger partial charge in [-0.1, -0.05) is 12.1 Å². The zero-order chi connectivity index (χ0) is 15.0. The van der Waals surface area contributed by atoms with E-state index in [1.54, 1.807) is 37.3 Å². The normalized spacial score (nSPS) is 10.7. The van der Waals surface area contributed by atoms with Crippen LogP contribution in [-0.2, 0) is 6.42 Å². The van der Waals surface area contributed by atoms with E-state index in [9.17, 15) is 9.90 Å². The van der Waals surface area contributed by atoms with E-state index >= 15 is 0 Å². The third-order valence-corrected chi connectivity index (χ3v) is 3.28. The monoisotopic (exact) mass is 280 g/mol. The highest BCUT2D eigenvalue weighted by Gasteiger charge is 2.14. The third kappa shape index (κ3) is 2.25. The van der Waals surface area contributed by atoms with Gasteiger partial charge >= 0.3 is 0 Å². The Balaban J connectivity index is 2.07. The van der Waals surface area contributed by atoms with E-state index in [-0.39, 0.29) is 23.4 Å². The Kier molecular flexibility index (Phi) is 2.95. The Morgan fingerprint density at radius 1 is 1.38 bits per heavy atom. The number of benzene rings is 1. The maximum atomic E-state index is 12.1. The average Bonchev–Trinajstić information content (AvgIpc) is 2.85. The summed E-state index contributed by atoms with van der Waals surface area (Å²) in [5, 5.41) is 23.1. The van der Waals surface area contributed by atoms with E-state index in [4.69, 9.17) is 5.26 Å². The number of nitrogens with zero attached hydrogens (tertiary/aromatic N) is 3. The molecule has 0 atom stereocenters. The lowest BCUT2D eigenvalue weighted by Gasteiger charge is -2.05. The number of rotatable bonds is 2. The molecule has 0 bridgehead atoms. The molecule has 0 amide bonds. The largest absolute Gasteiger partial charge is 0.493 e. The first-order valence-corrected chi connectivity index (χ1v) is 6.38. The van der Waals surface area contributed by atoms with Crippen LogP contribution in [0.4, 0.5) is 0 Å². The quantitative estimate of drug-likeness (QED) is 0.743. The van der Waals surface area contributed by atoms with Crippen molar-refractivity contribution in [2.24, 2.45) is 0 Å². The number of aromatic amines is 1. The molecule has 3 aromatic rings. The molecule has 0 spiro atoms. The Hall–Kier alpha value is -3.07. The summed E-state index contributed by atoms with van der Waals surface area (Å²) < 4.78 is 1.32. The molecule has 0 aliphatic heterocycles. The van der Waals surface area contributed by atoms with Crippen LogP contribution in [0.1, 0.15) is 22.4 Å². The van der Waals surface area contributed by atoms with E-state index in [0.717, 1.165) is 5.56 Å². The smallest absolute Gasteiger partial charge is 0.258 e. The van der Waals surface area contributed by atoms with E-state index < -0.39 is 0 Å². The summed E-state index contributed by atoms with van der Waals surface area (Å²) in [5.41, 5.74) is 2.45. The van der Waals surface area contributed by atoms with Crippen LogP contribution in [0.5, 0.6) is 5.88 Å². The van der Waals surface area contributed by atoms with Crippen molar-refractivity contribution in [2.75, 3.05) is 0 Å². The van der Waals surface area contributed by atoms with Crippen LogP contribution >= 0.6 is 0 Å². The molecule has 0 saturated heterocycles. The second kappa shape index (κ2) is 4.80. The van der Waals surface area contributed by atoms with Crippen LogP contribution in [-0.4, -0.2) is 19.7 Å². The van der Waals surface area contributed by atoms with Crippen LogP contribution in [0, 0.1) is 18.3 Å². The molecule has 1 aromatic carbocycles. The number of aromatic nitrogens is 3. The molecule has 0 unspecified atom stereocenters. The maximum absolute atomic E-state index is 12.1. The lowest BCUT2D eigenvalue weighted by atomic mass is 10.1. The summed E-state index contributed by atoms with van der Waals surface area (Å²) >= 11 is 0. The fourth-order valence-electron chi connectivity index (χ4n) is 2.23. The molecule has 0 aliphatic rings. The van der Waals surface area contributed by atoms with Crippen molar-refractivity contribution in [3.8, 4) is 11.9 Å². The summed E-state index contributed by atoms with van der Waals surface area (Å²) in [4.78, 5) is 14.8. The summed E-state index contributed by atoms with van der Waals surface area (Å²) in [7, 11) is 0. The molecule has 0 radical (unpaired) electrons. The Labute approximate surface area is 119 Å². The van der Waals surface area contributed by atoms with Crippen LogP contribution in [0.15, 0.2) is 35.1 Å². The number of nitriles is 1. The van der Waals surface area contributed by atoms with Crippen molar-refractivity contribution in [1.82, 2.24) is 14.6 Å². The number of H-pyrrole nitrogens is 1. The Morgan fingerprint density at radius 3 is 2.76 bits per heavy atom. The standard InChI is InChI=1S/C15H12N4O2/c1-9-6-13-17-14(20)12(15(21)19(13)18-9)7-10-2-4-11(8-16)5-3-10/h2-6,21H,7H2,1H3,(H,17,20). The van der Waals surface area contributed by atoms with Crippen LogP contribution in [0.2, 0.25) is 0 Å². The molecule has 0 saturated carbocycles. The minimum Gasteiger partial charge on any atom is -0.493 e. The molecule has 6 heteroatoms. The number of aryl methyl sites for hydroxylation is 1. The first-order valence-electron chi connectivity index (χ1n) is 6.38. The average molecular weight is 280 g/mol. The molecular weight excluding hydrogens is 268 g/mol. The lowest BCUT2D eigenvalue weighted by Crippen LogP contribution is -2.16. The van der Waals surface area contributed by atoms with Gasteiger partial charge in [0.2, 0.25) is 5.88 Å². The highest BCUT2D eigenvalue weighted by atomic mass is 16.3. The topological polar surface area (TPSA) is 94.2 Å². The van der Waals surface area contributed by atoms with Crippen molar-refractivity contribution < 1.29 is 5.11 Å². The predicted molar refractivity (Wildman–Crippen MR) is 76.2 cm³/mol. The highest BCUT2D eigenvalue weighted by Crippen LogP contribution is 2.18. The van der Waals surface area contributed by atoms with Gasteiger partial charge in [-0.15, -0.1) is 0 Å². The minimum absolute atomic E-state index is 0.161. The zero-order valence-electron chi connectivity index (χ0n) is 11.3. The number of aromatic hydroxyl groups is 1. The van der Waals surface area contributed by atoms with Gasteiger partial charge in [0.1, 0.15) is 5.65 Å².